The first kappa shape index (κ1) is 8.57. The highest BCUT2D eigenvalue weighted by atomic mass is 35.5. The topological polar surface area (TPSA) is 29.1 Å². The standard InChI is InChI=1S/C10H10ClNO/c1-5-3-4-7(11)9-8(5)6(2)10(13)12-9/h3-4,6H,1-2H3,(H,12,13). The highest BCUT2D eigenvalue weighted by Gasteiger charge is 2.29. The van der Waals surface area contributed by atoms with E-state index in [1.807, 2.05) is 26.0 Å². The predicted molar refractivity (Wildman–Crippen MR) is 53.2 cm³/mol. The Kier molecular flexibility index (Phi) is 1.81. The van der Waals surface area contributed by atoms with Crippen molar-refractivity contribution in [2.75, 3.05) is 5.32 Å². The second-order valence-corrected chi connectivity index (χ2v) is 3.77. The number of aryl methyl sites for hydroxylation is 1. The van der Waals surface area contributed by atoms with Crippen molar-refractivity contribution in [1.29, 1.82) is 0 Å². The molecule has 1 aliphatic heterocycles. The van der Waals surface area contributed by atoms with Gasteiger partial charge in [0.2, 0.25) is 5.91 Å². The number of fused-ring (bicyclic) bond motifs is 1. The van der Waals surface area contributed by atoms with Crippen LogP contribution in [0.15, 0.2) is 12.1 Å². The minimum absolute atomic E-state index is 0.0335. The van der Waals surface area contributed by atoms with Crippen LogP contribution in [0.5, 0.6) is 0 Å². The fraction of sp³-hybridized carbons (Fsp3) is 0.300. The molecule has 1 atom stereocenters. The number of hydrogen-bond acceptors (Lipinski definition) is 1. The maximum Gasteiger partial charge on any atom is 0.231 e. The van der Waals surface area contributed by atoms with E-state index < -0.39 is 0 Å². The lowest BCUT2D eigenvalue weighted by Crippen LogP contribution is -2.08. The van der Waals surface area contributed by atoms with Crippen LogP contribution in [-0.2, 0) is 4.79 Å². The number of nitrogens with one attached hydrogen (secondary N) is 1. The lowest BCUT2D eigenvalue weighted by Gasteiger charge is -2.06. The van der Waals surface area contributed by atoms with Gasteiger partial charge in [0.15, 0.2) is 0 Å². The summed E-state index contributed by atoms with van der Waals surface area (Å²) >= 11 is 5.96. The number of anilines is 1. The minimum atomic E-state index is -0.0753. The van der Waals surface area contributed by atoms with E-state index in [4.69, 9.17) is 11.6 Å². The number of hydrogen-bond donors (Lipinski definition) is 1. The third-order valence-electron chi connectivity index (χ3n) is 2.49. The third-order valence-corrected chi connectivity index (χ3v) is 2.80. The number of benzene rings is 1. The molecule has 2 nitrogen and oxygen atoms in total. The van der Waals surface area contributed by atoms with Gasteiger partial charge < -0.3 is 5.32 Å². The molecule has 1 aromatic carbocycles. The normalized spacial score (nSPS) is 19.9. The van der Waals surface area contributed by atoms with Crippen molar-refractivity contribution >= 4 is 23.2 Å². The van der Waals surface area contributed by atoms with Crippen molar-refractivity contribution < 1.29 is 4.79 Å². The second kappa shape index (κ2) is 2.74. The maximum atomic E-state index is 11.4. The average molecular weight is 196 g/mol. The maximum absolute atomic E-state index is 11.4. The first-order valence-corrected chi connectivity index (χ1v) is 4.59. The Bertz CT molecular complexity index is 387. The van der Waals surface area contributed by atoms with Crippen LogP contribution in [0.25, 0.3) is 0 Å². The van der Waals surface area contributed by atoms with Gasteiger partial charge >= 0.3 is 0 Å². The van der Waals surface area contributed by atoms with Gasteiger partial charge in [-0.3, -0.25) is 4.79 Å². The number of carbonyl (C=O) groups is 1. The fourth-order valence-corrected chi connectivity index (χ4v) is 1.96. The molecule has 0 aromatic heterocycles. The van der Waals surface area contributed by atoms with Crippen LogP contribution < -0.4 is 5.32 Å². The van der Waals surface area contributed by atoms with Gasteiger partial charge in [0.05, 0.1) is 16.6 Å². The quantitative estimate of drug-likeness (QED) is 0.678. The van der Waals surface area contributed by atoms with Crippen LogP contribution in [0, 0.1) is 6.92 Å². The van der Waals surface area contributed by atoms with Gasteiger partial charge in [0.25, 0.3) is 0 Å². The molecule has 1 aliphatic rings. The van der Waals surface area contributed by atoms with Crippen molar-refractivity contribution in [2.24, 2.45) is 0 Å². The Morgan fingerprint density at radius 1 is 1.46 bits per heavy atom. The monoisotopic (exact) mass is 195 g/mol. The Labute approximate surface area is 81.9 Å². The Hall–Kier alpha value is -1.02. The molecule has 0 bridgehead atoms. The van der Waals surface area contributed by atoms with Gasteiger partial charge in [0.1, 0.15) is 0 Å². The van der Waals surface area contributed by atoms with E-state index in [-0.39, 0.29) is 11.8 Å². The summed E-state index contributed by atoms with van der Waals surface area (Å²) in [5.74, 6) is -0.0418. The van der Waals surface area contributed by atoms with E-state index >= 15 is 0 Å². The van der Waals surface area contributed by atoms with Gasteiger partial charge in [-0.1, -0.05) is 17.7 Å². The summed E-state index contributed by atoms with van der Waals surface area (Å²) in [6, 6.07) is 3.76. The molecule has 1 unspecified atom stereocenters. The summed E-state index contributed by atoms with van der Waals surface area (Å²) in [6.45, 7) is 3.89. The van der Waals surface area contributed by atoms with Gasteiger partial charge in [-0.2, -0.15) is 0 Å². The molecule has 13 heavy (non-hydrogen) atoms. The molecular formula is C10H10ClNO. The van der Waals surface area contributed by atoms with Gasteiger partial charge in [-0.15, -0.1) is 0 Å². The van der Waals surface area contributed by atoms with Crippen molar-refractivity contribution in [3.63, 3.8) is 0 Å². The van der Waals surface area contributed by atoms with Gasteiger partial charge in [0, 0.05) is 0 Å². The fourth-order valence-electron chi connectivity index (χ4n) is 1.74. The van der Waals surface area contributed by atoms with Crippen molar-refractivity contribution in [1.82, 2.24) is 0 Å². The summed E-state index contributed by atoms with van der Waals surface area (Å²) in [4.78, 5) is 11.4. The van der Waals surface area contributed by atoms with E-state index in [0.29, 0.717) is 5.02 Å². The third kappa shape index (κ3) is 1.13. The lowest BCUT2D eigenvalue weighted by atomic mass is 9.98. The lowest BCUT2D eigenvalue weighted by molar-refractivity contribution is -0.116. The summed E-state index contributed by atoms with van der Waals surface area (Å²) in [5, 5.41) is 3.41. The van der Waals surface area contributed by atoms with Crippen LogP contribution in [0.1, 0.15) is 24.0 Å². The summed E-state index contributed by atoms with van der Waals surface area (Å²) in [6.07, 6.45) is 0. The average Bonchev–Trinajstić information content (AvgIpc) is 2.38. The van der Waals surface area contributed by atoms with Crippen LogP contribution in [0.4, 0.5) is 5.69 Å². The molecule has 68 valence electrons. The van der Waals surface area contributed by atoms with E-state index in [0.717, 1.165) is 16.8 Å². The molecule has 0 saturated heterocycles. The number of halogens is 1. The van der Waals surface area contributed by atoms with Crippen LogP contribution in [0.3, 0.4) is 0 Å². The zero-order valence-corrected chi connectivity index (χ0v) is 8.27. The van der Waals surface area contributed by atoms with E-state index in [2.05, 4.69) is 5.32 Å². The molecule has 0 spiro atoms. The zero-order chi connectivity index (χ0) is 9.59. The molecule has 1 N–H and O–H groups in total. The molecule has 0 fully saturated rings. The van der Waals surface area contributed by atoms with Crippen molar-refractivity contribution in [3.8, 4) is 0 Å². The summed E-state index contributed by atoms with van der Waals surface area (Å²) < 4.78 is 0. The van der Waals surface area contributed by atoms with Gasteiger partial charge in [-0.25, -0.2) is 0 Å². The SMILES string of the molecule is Cc1ccc(Cl)c2c1C(C)C(=O)N2. The number of rotatable bonds is 0. The van der Waals surface area contributed by atoms with E-state index in [1.165, 1.54) is 0 Å². The zero-order valence-electron chi connectivity index (χ0n) is 7.52. The molecule has 1 heterocycles. The van der Waals surface area contributed by atoms with Crippen molar-refractivity contribution in [2.45, 2.75) is 19.8 Å². The second-order valence-electron chi connectivity index (χ2n) is 3.36. The van der Waals surface area contributed by atoms with E-state index in [1.54, 1.807) is 0 Å². The first-order chi connectivity index (χ1) is 6.11. The smallest absolute Gasteiger partial charge is 0.231 e. The number of amides is 1. The summed E-state index contributed by atoms with van der Waals surface area (Å²) in [7, 11) is 0. The molecule has 1 aromatic rings. The van der Waals surface area contributed by atoms with Crippen LogP contribution in [0.2, 0.25) is 5.02 Å². The molecule has 3 heteroatoms. The van der Waals surface area contributed by atoms with Crippen molar-refractivity contribution in [3.05, 3.63) is 28.3 Å². The minimum Gasteiger partial charge on any atom is -0.324 e. The predicted octanol–water partition coefficient (Wildman–Crippen LogP) is 2.70. The van der Waals surface area contributed by atoms with E-state index in [9.17, 15) is 4.79 Å². The molecule has 2 rings (SSSR count). The Morgan fingerprint density at radius 2 is 2.15 bits per heavy atom. The summed E-state index contributed by atoms with van der Waals surface area (Å²) in [5.41, 5.74) is 2.95. The number of carbonyl (C=O) groups excluding carboxylic acids is 1. The molecule has 0 saturated carbocycles. The Morgan fingerprint density at radius 3 is 2.77 bits per heavy atom. The molecular weight excluding hydrogens is 186 g/mol. The largest absolute Gasteiger partial charge is 0.324 e. The van der Waals surface area contributed by atoms with Crippen LogP contribution >= 0.6 is 11.6 Å². The highest BCUT2D eigenvalue weighted by Crippen LogP contribution is 2.39. The van der Waals surface area contributed by atoms with Crippen LogP contribution in [-0.4, -0.2) is 5.91 Å². The molecule has 0 radical (unpaired) electrons. The highest BCUT2D eigenvalue weighted by molar-refractivity contribution is 6.34. The van der Waals surface area contributed by atoms with Gasteiger partial charge in [-0.05, 0) is 31.0 Å². The Balaban J connectivity index is 2.68. The molecule has 1 amide bonds. The first-order valence-electron chi connectivity index (χ1n) is 4.21. The molecule has 0 aliphatic carbocycles.